The highest BCUT2D eigenvalue weighted by atomic mass is 79.9. The first-order chi connectivity index (χ1) is 6.75. The molecule has 0 amide bonds. The number of benzene rings is 1. The van der Waals surface area contributed by atoms with Crippen molar-refractivity contribution in [2.24, 2.45) is 5.92 Å². The maximum atomic E-state index is 10.7. The zero-order valence-corrected chi connectivity index (χ0v) is 9.29. The molecule has 0 atom stereocenters. The van der Waals surface area contributed by atoms with E-state index in [0.29, 0.717) is 31.1 Å². The summed E-state index contributed by atoms with van der Waals surface area (Å²) in [4.78, 5) is 10.7. The van der Waals surface area contributed by atoms with Crippen molar-refractivity contribution in [2.45, 2.75) is 12.8 Å². The van der Waals surface area contributed by atoms with Crippen LogP contribution in [0.25, 0.3) is 0 Å². The third kappa shape index (κ3) is 2.15. The number of hydrogen-bond acceptors (Lipinski definition) is 2. The molecule has 0 N–H and O–H groups in total. The van der Waals surface area contributed by atoms with Crippen molar-refractivity contribution in [2.75, 3.05) is 6.61 Å². The number of ether oxygens (including phenoxy) is 1. The fraction of sp³-hybridized carbons (Fsp3) is 0.364. The van der Waals surface area contributed by atoms with Gasteiger partial charge in [-0.25, -0.2) is 0 Å². The first-order valence-electron chi connectivity index (χ1n) is 4.65. The van der Waals surface area contributed by atoms with Crippen LogP contribution in [0, 0.1) is 5.92 Å². The van der Waals surface area contributed by atoms with Crippen LogP contribution >= 0.6 is 15.9 Å². The van der Waals surface area contributed by atoms with Gasteiger partial charge in [-0.05, 0) is 28.1 Å². The number of para-hydroxylation sites is 1. The molecule has 0 saturated heterocycles. The fourth-order valence-electron chi connectivity index (χ4n) is 1.47. The molecule has 0 aliphatic heterocycles. The second kappa shape index (κ2) is 4.13. The Kier molecular flexibility index (Phi) is 2.87. The highest BCUT2D eigenvalue weighted by Gasteiger charge is 2.26. The molecule has 0 aromatic heterocycles. The van der Waals surface area contributed by atoms with E-state index in [9.17, 15) is 4.79 Å². The van der Waals surface area contributed by atoms with Gasteiger partial charge < -0.3 is 4.74 Å². The first-order valence-corrected chi connectivity index (χ1v) is 5.44. The SMILES string of the molecule is O=C1CC(COc2ccccc2Br)C1. The Morgan fingerprint density at radius 2 is 2.07 bits per heavy atom. The summed E-state index contributed by atoms with van der Waals surface area (Å²) in [6.45, 7) is 0.647. The summed E-state index contributed by atoms with van der Waals surface area (Å²) < 4.78 is 6.55. The van der Waals surface area contributed by atoms with Crippen LogP contribution in [0.4, 0.5) is 0 Å². The van der Waals surface area contributed by atoms with Crippen LogP contribution in [-0.2, 0) is 4.79 Å². The second-order valence-corrected chi connectivity index (χ2v) is 4.41. The largest absolute Gasteiger partial charge is 0.492 e. The maximum absolute atomic E-state index is 10.7. The van der Waals surface area contributed by atoms with Crippen LogP contribution in [0.1, 0.15) is 12.8 Å². The Morgan fingerprint density at radius 1 is 1.36 bits per heavy atom. The molecule has 1 aliphatic rings. The number of ketones is 1. The van der Waals surface area contributed by atoms with Crippen molar-refractivity contribution in [1.29, 1.82) is 0 Å². The maximum Gasteiger partial charge on any atom is 0.133 e. The van der Waals surface area contributed by atoms with Gasteiger partial charge in [-0.2, -0.15) is 0 Å². The normalized spacial score (nSPS) is 16.5. The Morgan fingerprint density at radius 3 is 2.71 bits per heavy atom. The standard InChI is InChI=1S/C11H11BrO2/c12-10-3-1-2-4-11(10)14-7-8-5-9(13)6-8/h1-4,8H,5-7H2. The average molecular weight is 255 g/mol. The molecule has 1 aliphatic carbocycles. The smallest absolute Gasteiger partial charge is 0.133 e. The van der Waals surface area contributed by atoms with Crippen molar-refractivity contribution in [3.05, 3.63) is 28.7 Å². The fourth-order valence-corrected chi connectivity index (χ4v) is 1.87. The van der Waals surface area contributed by atoms with Gasteiger partial charge in [0.15, 0.2) is 0 Å². The number of Topliss-reactive ketones (excluding diaryl/α,β-unsaturated/α-hetero) is 1. The van der Waals surface area contributed by atoms with Gasteiger partial charge in [0, 0.05) is 18.8 Å². The molecule has 1 fully saturated rings. The Labute approximate surface area is 91.4 Å². The molecule has 0 heterocycles. The minimum Gasteiger partial charge on any atom is -0.492 e. The molecular weight excluding hydrogens is 244 g/mol. The predicted molar refractivity (Wildman–Crippen MR) is 57.4 cm³/mol. The van der Waals surface area contributed by atoms with E-state index < -0.39 is 0 Å². The van der Waals surface area contributed by atoms with E-state index in [1.54, 1.807) is 0 Å². The number of halogens is 1. The topological polar surface area (TPSA) is 26.3 Å². The lowest BCUT2D eigenvalue weighted by atomic mass is 9.85. The molecular formula is C11H11BrO2. The van der Waals surface area contributed by atoms with Crippen molar-refractivity contribution in [3.8, 4) is 5.75 Å². The zero-order chi connectivity index (χ0) is 9.97. The predicted octanol–water partition coefficient (Wildman–Crippen LogP) is 2.81. The second-order valence-electron chi connectivity index (χ2n) is 3.55. The molecule has 1 aromatic rings. The average Bonchev–Trinajstić information content (AvgIpc) is 2.13. The lowest BCUT2D eigenvalue weighted by Crippen LogP contribution is -2.28. The van der Waals surface area contributed by atoms with Gasteiger partial charge in [0.2, 0.25) is 0 Å². The molecule has 1 saturated carbocycles. The zero-order valence-electron chi connectivity index (χ0n) is 7.70. The number of rotatable bonds is 3. The third-order valence-electron chi connectivity index (χ3n) is 2.34. The van der Waals surface area contributed by atoms with Crippen LogP contribution in [-0.4, -0.2) is 12.4 Å². The number of hydrogen-bond donors (Lipinski definition) is 0. The highest BCUT2D eigenvalue weighted by molar-refractivity contribution is 9.10. The minimum absolute atomic E-state index is 0.353. The third-order valence-corrected chi connectivity index (χ3v) is 3.00. The monoisotopic (exact) mass is 254 g/mol. The lowest BCUT2D eigenvalue weighted by Gasteiger charge is -2.24. The summed E-state index contributed by atoms with van der Waals surface area (Å²) in [6.07, 6.45) is 1.37. The molecule has 2 nitrogen and oxygen atoms in total. The van der Waals surface area contributed by atoms with E-state index in [2.05, 4.69) is 15.9 Å². The van der Waals surface area contributed by atoms with Crippen molar-refractivity contribution in [1.82, 2.24) is 0 Å². The Bertz CT molecular complexity index is 341. The van der Waals surface area contributed by atoms with Crippen molar-refractivity contribution in [3.63, 3.8) is 0 Å². The molecule has 0 bridgehead atoms. The molecule has 0 unspecified atom stereocenters. The molecule has 3 heteroatoms. The van der Waals surface area contributed by atoms with Crippen LogP contribution in [0.15, 0.2) is 28.7 Å². The minimum atomic E-state index is 0.353. The van der Waals surface area contributed by atoms with E-state index in [-0.39, 0.29) is 0 Å². The summed E-state index contributed by atoms with van der Waals surface area (Å²) in [5.74, 6) is 1.63. The molecule has 74 valence electrons. The Balaban J connectivity index is 1.86. The summed E-state index contributed by atoms with van der Waals surface area (Å²) in [5.41, 5.74) is 0. The summed E-state index contributed by atoms with van der Waals surface area (Å²) in [5, 5.41) is 0. The van der Waals surface area contributed by atoms with Gasteiger partial charge in [0.05, 0.1) is 11.1 Å². The van der Waals surface area contributed by atoms with Crippen molar-refractivity contribution < 1.29 is 9.53 Å². The van der Waals surface area contributed by atoms with Crippen LogP contribution in [0.5, 0.6) is 5.75 Å². The van der Waals surface area contributed by atoms with Gasteiger partial charge in [0.25, 0.3) is 0 Å². The van der Waals surface area contributed by atoms with Gasteiger partial charge in [-0.15, -0.1) is 0 Å². The van der Waals surface area contributed by atoms with E-state index in [4.69, 9.17) is 4.74 Å². The van der Waals surface area contributed by atoms with E-state index in [0.717, 1.165) is 10.2 Å². The lowest BCUT2D eigenvalue weighted by molar-refractivity contribution is -0.127. The van der Waals surface area contributed by atoms with Crippen LogP contribution in [0.2, 0.25) is 0 Å². The molecule has 0 radical (unpaired) electrons. The quantitative estimate of drug-likeness (QED) is 0.830. The number of carbonyl (C=O) groups is 1. The molecule has 0 spiro atoms. The highest BCUT2D eigenvalue weighted by Crippen LogP contribution is 2.27. The van der Waals surface area contributed by atoms with Crippen LogP contribution < -0.4 is 4.74 Å². The van der Waals surface area contributed by atoms with E-state index in [1.165, 1.54) is 0 Å². The Hall–Kier alpha value is -0.830. The molecule has 1 aromatic carbocycles. The van der Waals surface area contributed by atoms with Gasteiger partial charge in [-0.1, -0.05) is 12.1 Å². The van der Waals surface area contributed by atoms with Crippen LogP contribution in [0.3, 0.4) is 0 Å². The van der Waals surface area contributed by atoms with E-state index in [1.807, 2.05) is 24.3 Å². The van der Waals surface area contributed by atoms with Gasteiger partial charge in [0.1, 0.15) is 11.5 Å². The van der Waals surface area contributed by atoms with E-state index >= 15 is 0 Å². The first kappa shape index (κ1) is 9.71. The number of carbonyl (C=O) groups excluding carboxylic acids is 1. The summed E-state index contributed by atoms with van der Waals surface area (Å²) in [7, 11) is 0. The summed E-state index contributed by atoms with van der Waals surface area (Å²) >= 11 is 3.41. The van der Waals surface area contributed by atoms with Crippen molar-refractivity contribution >= 4 is 21.7 Å². The molecule has 2 rings (SSSR count). The van der Waals surface area contributed by atoms with Gasteiger partial charge >= 0.3 is 0 Å². The van der Waals surface area contributed by atoms with Gasteiger partial charge in [-0.3, -0.25) is 4.79 Å². The molecule has 14 heavy (non-hydrogen) atoms. The summed E-state index contributed by atoms with van der Waals surface area (Å²) in [6, 6.07) is 7.75.